The van der Waals surface area contributed by atoms with Gasteiger partial charge in [0.15, 0.2) is 0 Å². The van der Waals surface area contributed by atoms with Crippen molar-refractivity contribution in [2.24, 2.45) is 5.41 Å². The maximum absolute atomic E-state index is 12.4. The van der Waals surface area contributed by atoms with Crippen LogP contribution >= 0.6 is 0 Å². The van der Waals surface area contributed by atoms with E-state index in [1.54, 1.807) is 45.0 Å². The van der Waals surface area contributed by atoms with Crippen LogP contribution in [-0.2, 0) is 9.59 Å². The lowest BCUT2D eigenvalue weighted by molar-refractivity contribution is -0.152. The molecule has 1 saturated heterocycles. The number of hydrogen-bond donors (Lipinski definition) is 2. The standard InChI is InChI=1S/C16H21NO4/c1-16(2,3)15(21)17-9-8-12(13(17)14(19)20)10-4-6-11(18)7-5-10/h4-7,12-13,18H,8-9H2,1-3H3,(H,19,20)/t12-,13+/m1/s1. The van der Waals surface area contributed by atoms with E-state index in [-0.39, 0.29) is 17.6 Å². The molecule has 0 bridgehead atoms. The Morgan fingerprint density at radius 2 is 1.76 bits per heavy atom. The third-order valence-corrected chi connectivity index (χ3v) is 3.87. The van der Waals surface area contributed by atoms with Gasteiger partial charge in [0.1, 0.15) is 11.8 Å². The number of carbonyl (C=O) groups excluding carboxylic acids is 1. The van der Waals surface area contributed by atoms with Gasteiger partial charge in [-0.2, -0.15) is 0 Å². The first-order valence-corrected chi connectivity index (χ1v) is 7.04. The van der Waals surface area contributed by atoms with Gasteiger partial charge in [0.2, 0.25) is 5.91 Å². The molecule has 5 nitrogen and oxygen atoms in total. The number of carboxylic acids is 1. The molecule has 1 fully saturated rings. The summed E-state index contributed by atoms with van der Waals surface area (Å²) in [4.78, 5) is 25.6. The van der Waals surface area contributed by atoms with E-state index in [1.807, 2.05) is 0 Å². The topological polar surface area (TPSA) is 77.8 Å². The van der Waals surface area contributed by atoms with Crippen LogP contribution in [0.5, 0.6) is 5.75 Å². The van der Waals surface area contributed by atoms with E-state index in [9.17, 15) is 19.8 Å². The van der Waals surface area contributed by atoms with Crippen LogP contribution in [0.25, 0.3) is 0 Å². The van der Waals surface area contributed by atoms with Gasteiger partial charge in [-0.15, -0.1) is 0 Å². The Labute approximate surface area is 124 Å². The predicted molar refractivity (Wildman–Crippen MR) is 78.1 cm³/mol. The SMILES string of the molecule is CC(C)(C)C(=O)N1CC[C@H](c2ccc(O)cc2)[C@H]1C(=O)O. The first-order valence-electron chi connectivity index (χ1n) is 7.04. The first kappa shape index (κ1) is 15.4. The van der Waals surface area contributed by atoms with Crippen LogP contribution in [0.15, 0.2) is 24.3 Å². The van der Waals surface area contributed by atoms with E-state index in [1.165, 1.54) is 4.90 Å². The summed E-state index contributed by atoms with van der Waals surface area (Å²) in [5, 5.41) is 18.9. The molecule has 2 rings (SSSR count). The number of aliphatic carboxylic acids is 1. The molecule has 1 aromatic rings. The van der Waals surface area contributed by atoms with Crippen molar-refractivity contribution in [3.63, 3.8) is 0 Å². The minimum atomic E-state index is -0.983. The van der Waals surface area contributed by atoms with Crippen molar-refractivity contribution in [1.29, 1.82) is 0 Å². The lowest BCUT2D eigenvalue weighted by Gasteiger charge is -2.30. The smallest absolute Gasteiger partial charge is 0.327 e. The second-order valence-electron chi connectivity index (χ2n) is 6.52. The summed E-state index contributed by atoms with van der Waals surface area (Å²) in [5.74, 6) is -1.22. The maximum Gasteiger partial charge on any atom is 0.327 e. The average molecular weight is 291 g/mol. The van der Waals surface area contributed by atoms with E-state index in [0.29, 0.717) is 13.0 Å². The molecule has 1 aromatic carbocycles. The largest absolute Gasteiger partial charge is 0.508 e. The number of nitrogens with zero attached hydrogens (tertiary/aromatic N) is 1. The van der Waals surface area contributed by atoms with Gasteiger partial charge in [-0.25, -0.2) is 4.79 Å². The molecule has 0 aromatic heterocycles. The van der Waals surface area contributed by atoms with Crippen molar-refractivity contribution in [1.82, 2.24) is 4.90 Å². The summed E-state index contributed by atoms with van der Waals surface area (Å²) in [5.41, 5.74) is 0.238. The maximum atomic E-state index is 12.4. The highest BCUT2D eigenvalue weighted by atomic mass is 16.4. The summed E-state index contributed by atoms with van der Waals surface area (Å²) < 4.78 is 0. The third kappa shape index (κ3) is 3.01. The van der Waals surface area contributed by atoms with Crippen molar-refractivity contribution in [3.8, 4) is 5.75 Å². The quantitative estimate of drug-likeness (QED) is 0.875. The van der Waals surface area contributed by atoms with Crippen molar-refractivity contribution in [2.75, 3.05) is 6.54 Å². The Morgan fingerprint density at radius 1 is 1.19 bits per heavy atom. The van der Waals surface area contributed by atoms with Crippen LogP contribution in [0, 0.1) is 5.41 Å². The molecule has 0 aliphatic carbocycles. The number of hydrogen-bond acceptors (Lipinski definition) is 3. The lowest BCUT2D eigenvalue weighted by atomic mass is 9.90. The summed E-state index contributed by atoms with van der Waals surface area (Å²) in [7, 11) is 0. The number of carbonyl (C=O) groups is 2. The Hall–Kier alpha value is -2.04. The number of likely N-dealkylation sites (tertiary alicyclic amines) is 1. The molecule has 5 heteroatoms. The highest BCUT2D eigenvalue weighted by Gasteiger charge is 2.45. The molecule has 21 heavy (non-hydrogen) atoms. The minimum absolute atomic E-state index is 0.142. The van der Waals surface area contributed by atoms with Crippen LogP contribution < -0.4 is 0 Å². The van der Waals surface area contributed by atoms with Crippen LogP contribution in [0.1, 0.15) is 38.7 Å². The van der Waals surface area contributed by atoms with Gasteiger partial charge in [0.05, 0.1) is 0 Å². The summed E-state index contributed by atoms with van der Waals surface area (Å²) >= 11 is 0. The van der Waals surface area contributed by atoms with E-state index in [0.717, 1.165) is 5.56 Å². The minimum Gasteiger partial charge on any atom is -0.508 e. The van der Waals surface area contributed by atoms with Crippen LogP contribution in [0.3, 0.4) is 0 Å². The van der Waals surface area contributed by atoms with E-state index in [2.05, 4.69) is 0 Å². The zero-order valence-electron chi connectivity index (χ0n) is 12.5. The van der Waals surface area contributed by atoms with Crippen molar-refractivity contribution < 1.29 is 19.8 Å². The Balaban J connectivity index is 2.31. The van der Waals surface area contributed by atoms with Gasteiger partial charge in [-0.05, 0) is 24.1 Å². The normalized spacial score (nSPS) is 22.3. The molecule has 1 amide bonds. The summed E-state index contributed by atoms with van der Waals surface area (Å²) in [6, 6.07) is 5.69. The van der Waals surface area contributed by atoms with Gasteiger partial charge in [0.25, 0.3) is 0 Å². The summed E-state index contributed by atoms with van der Waals surface area (Å²) in [6.07, 6.45) is 0.615. The number of amides is 1. The molecule has 1 aliphatic rings. The summed E-state index contributed by atoms with van der Waals surface area (Å²) in [6.45, 7) is 5.82. The second kappa shape index (κ2) is 5.39. The highest BCUT2D eigenvalue weighted by Crippen LogP contribution is 2.36. The van der Waals surface area contributed by atoms with Crippen LogP contribution in [0.4, 0.5) is 0 Å². The van der Waals surface area contributed by atoms with Crippen molar-refractivity contribution in [3.05, 3.63) is 29.8 Å². The molecule has 2 N–H and O–H groups in total. The first-order chi connectivity index (χ1) is 9.71. The highest BCUT2D eigenvalue weighted by molar-refractivity contribution is 5.88. The monoisotopic (exact) mass is 291 g/mol. The number of phenols is 1. The second-order valence-corrected chi connectivity index (χ2v) is 6.52. The van der Waals surface area contributed by atoms with Crippen molar-refractivity contribution >= 4 is 11.9 Å². The molecule has 2 atom stereocenters. The van der Waals surface area contributed by atoms with E-state index < -0.39 is 17.4 Å². The fraction of sp³-hybridized carbons (Fsp3) is 0.500. The zero-order valence-corrected chi connectivity index (χ0v) is 12.5. The average Bonchev–Trinajstić information content (AvgIpc) is 2.82. The molecule has 0 spiro atoms. The third-order valence-electron chi connectivity index (χ3n) is 3.87. The van der Waals surface area contributed by atoms with Gasteiger partial charge in [-0.1, -0.05) is 32.9 Å². The van der Waals surface area contributed by atoms with Crippen LogP contribution in [-0.4, -0.2) is 39.6 Å². The van der Waals surface area contributed by atoms with Gasteiger partial charge < -0.3 is 15.1 Å². The van der Waals surface area contributed by atoms with Gasteiger partial charge >= 0.3 is 5.97 Å². The molecule has 0 saturated carbocycles. The molecular formula is C16H21NO4. The fourth-order valence-electron chi connectivity index (χ4n) is 2.83. The lowest BCUT2D eigenvalue weighted by Crippen LogP contribution is -2.47. The number of aromatic hydroxyl groups is 1. The number of carboxylic acid groups (broad SMARTS) is 1. The zero-order chi connectivity index (χ0) is 15.8. The fourth-order valence-corrected chi connectivity index (χ4v) is 2.83. The predicted octanol–water partition coefficient (Wildman–Crippen LogP) is 2.21. The Kier molecular flexibility index (Phi) is 3.94. The molecule has 1 aliphatic heterocycles. The molecule has 0 unspecified atom stereocenters. The Bertz CT molecular complexity index is 544. The molecular weight excluding hydrogens is 270 g/mol. The van der Waals surface area contributed by atoms with Gasteiger partial charge in [-0.3, -0.25) is 4.79 Å². The molecule has 0 radical (unpaired) electrons. The molecule has 114 valence electrons. The molecule has 1 heterocycles. The van der Waals surface area contributed by atoms with Gasteiger partial charge in [0, 0.05) is 17.9 Å². The van der Waals surface area contributed by atoms with E-state index in [4.69, 9.17) is 0 Å². The number of phenolic OH excluding ortho intramolecular Hbond substituents is 1. The number of benzene rings is 1. The Morgan fingerprint density at radius 3 is 2.24 bits per heavy atom. The van der Waals surface area contributed by atoms with Crippen LogP contribution in [0.2, 0.25) is 0 Å². The van der Waals surface area contributed by atoms with E-state index >= 15 is 0 Å². The number of rotatable bonds is 2. The van der Waals surface area contributed by atoms with Crippen molar-refractivity contribution in [2.45, 2.75) is 39.2 Å².